The summed E-state index contributed by atoms with van der Waals surface area (Å²) >= 11 is 0. The largest absolute Gasteiger partial charge is 0.454 e. The summed E-state index contributed by atoms with van der Waals surface area (Å²) in [6.07, 6.45) is 3.43. The zero-order valence-corrected chi connectivity index (χ0v) is 12.6. The predicted molar refractivity (Wildman–Crippen MR) is 81.7 cm³/mol. The molecule has 22 heavy (non-hydrogen) atoms. The Kier molecular flexibility index (Phi) is 3.71. The number of nitrogens with one attached hydrogen (secondary N) is 1. The van der Waals surface area contributed by atoms with Crippen molar-refractivity contribution in [2.45, 2.75) is 25.8 Å². The van der Waals surface area contributed by atoms with Gasteiger partial charge in [0.2, 0.25) is 12.7 Å². The third-order valence-corrected chi connectivity index (χ3v) is 3.86. The van der Waals surface area contributed by atoms with E-state index < -0.39 is 5.41 Å². The first-order chi connectivity index (χ1) is 10.6. The molecule has 0 aliphatic carbocycles. The number of amides is 1. The number of carbonyl (C=O) groups is 1. The number of hydrogen-bond acceptors (Lipinski definition) is 4. The molecule has 1 aliphatic heterocycles. The zero-order chi connectivity index (χ0) is 15.6. The molecule has 1 aromatic carbocycles. The third kappa shape index (κ3) is 2.74. The molecular weight excluding hydrogens is 280 g/mol. The summed E-state index contributed by atoms with van der Waals surface area (Å²) < 4.78 is 10.7. The SMILES string of the molecule is CC(C)(C(=O)NCc1ccncc1)c1ccc2c(c1)OCO2. The molecule has 0 saturated heterocycles. The maximum Gasteiger partial charge on any atom is 0.231 e. The number of aromatic nitrogens is 1. The van der Waals surface area contributed by atoms with Gasteiger partial charge < -0.3 is 14.8 Å². The third-order valence-electron chi connectivity index (χ3n) is 3.86. The number of benzene rings is 1. The van der Waals surface area contributed by atoms with Gasteiger partial charge in [-0.25, -0.2) is 0 Å². The molecule has 0 atom stereocenters. The number of pyridine rings is 1. The Morgan fingerprint density at radius 3 is 2.68 bits per heavy atom. The van der Waals surface area contributed by atoms with Crippen LogP contribution in [0.3, 0.4) is 0 Å². The van der Waals surface area contributed by atoms with Gasteiger partial charge in [-0.1, -0.05) is 6.07 Å². The first kappa shape index (κ1) is 14.4. The molecule has 1 aromatic heterocycles. The molecule has 0 bridgehead atoms. The van der Waals surface area contributed by atoms with E-state index in [1.165, 1.54) is 0 Å². The van der Waals surface area contributed by atoms with Gasteiger partial charge in [-0.2, -0.15) is 0 Å². The quantitative estimate of drug-likeness (QED) is 0.941. The van der Waals surface area contributed by atoms with E-state index in [9.17, 15) is 4.79 Å². The fourth-order valence-corrected chi connectivity index (χ4v) is 2.32. The summed E-state index contributed by atoms with van der Waals surface area (Å²) in [5, 5.41) is 2.97. The summed E-state index contributed by atoms with van der Waals surface area (Å²) in [7, 11) is 0. The predicted octanol–water partition coefficient (Wildman–Crippen LogP) is 2.40. The molecule has 1 amide bonds. The lowest BCUT2D eigenvalue weighted by atomic mass is 9.83. The fourth-order valence-electron chi connectivity index (χ4n) is 2.32. The molecule has 1 N–H and O–H groups in total. The molecule has 0 radical (unpaired) electrons. The summed E-state index contributed by atoms with van der Waals surface area (Å²) in [5.41, 5.74) is 1.25. The average Bonchev–Trinajstić information content (AvgIpc) is 3.01. The van der Waals surface area contributed by atoms with E-state index in [4.69, 9.17) is 9.47 Å². The van der Waals surface area contributed by atoms with Crippen molar-refractivity contribution in [1.29, 1.82) is 0 Å². The van der Waals surface area contributed by atoms with Gasteiger partial charge in [0.15, 0.2) is 11.5 Å². The van der Waals surface area contributed by atoms with Crippen LogP contribution in [-0.4, -0.2) is 17.7 Å². The van der Waals surface area contributed by atoms with Gasteiger partial charge in [-0.15, -0.1) is 0 Å². The van der Waals surface area contributed by atoms with Crippen molar-refractivity contribution in [3.05, 3.63) is 53.9 Å². The monoisotopic (exact) mass is 298 g/mol. The number of ether oxygens (including phenoxy) is 2. The number of carbonyl (C=O) groups excluding carboxylic acids is 1. The Bertz CT molecular complexity index is 684. The maximum absolute atomic E-state index is 12.5. The van der Waals surface area contributed by atoms with Crippen LogP contribution < -0.4 is 14.8 Å². The Morgan fingerprint density at radius 2 is 1.91 bits per heavy atom. The molecule has 114 valence electrons. The fraction of sp³-hybridized carbons (Fsp3) is 0.294. The Morgan fingerprint density at radius 1 is 1.18 bits per heavy atom. The minimum atomic E-state index is -0.659. The van der Waals surface area contributed by atoms with E-state index in [0.29, 0.717) is 12.3 Å². The van der Waals surface area contributed by atoms with Gasteiger partial charge in [0.1, 0.15) is 0 Å². The van der Waals surface area contributed by atoms with Crippen LogP contribution in [0.2, 0.25) is 0 Å². The molecule has 0 unspecified atom stereocenters. The molecule has 0 spiro atoms. The zero-order valence-electron chi connectivity index (χ0n) is 12.6. The standard InChI is InChI=1S/C17H18N2O3/c1-17(2,13-3-4-14-15(9-13)22-11-21-14)16(20)19-10-12-5-7-18-8-6-12/h3-9H,10-11H2,1-2H3,(H,19,20). The lowest BCUT2D eigenvalue weighted by Crippen LogP contribution is -2.39. The molecule has 5 heteroatoms. The van der Waals surface area contributed by atoms with Gasteiger partial charge in [-0.3, -0.25) is 9.78 Å². The van der Waals surface area contributed by atoms with Crippen LogP contribution >= 0.6 is 0 Å². The molecule has 0 saturated carbocycles. The maximum atomic E-state index is 12.5. The van der Waals surface area contributed by atoms with Crippen molar-refractivity contribution in [3.63, 3.8) is 0 Å². The van der Waals surface area contributed by atoms with Crippen molar-refractivity contribution >= 4 is 5.91 Å². The summed E-state index contributed by atoms with van der Waals surface area (Å²) in [4.78, 5) is 16.5. The van der Waals surface area contributed by atoms with E-state index in [0.717, 1.165) is 16.9 Å². The van der Waals surface area contributed by atoms with Crippen LogP contribution in [0.15, 0.2) is 42.7 Å². The second-order valence-corrected chi connectivity index (χ2v) is 5.73. The second kappa shape index (κ2) is 5.67. The van der Waals surface area contributed by atoms with Gasteiger partial charge in [0.25, 0.3) is 0 Å². The van der Waals surface area contributed by atoms with Crippen molar-refractivity contribution in [3.8, 4) is 11.5 Å². The first-order valence-electron chi connectivity index (χ1n) is 7.15. The van der Waals surface area contributed by atoms with Gasteiger partial charge >= 0.3 is 0 Å². The number of fused-ring (bicyclic) bond motifs is 1. The molecule has 2 heterocycles. The highest BCUT2D eigenvalue weighted by Crippen LogP contribution is 2.36. The molecule has 1 aliphatic rings. The van der Waals surface area contributed by atoms with E-state index in [2.05, 4.69) is 10.3 Å². The van der Waals surface area contributed by atoms with Gasteiger partial charge in [-0.05, 0) is 49.2 Å². The Hall–Kier alpha value is -2.56. The summed E-state index contributed by atoms with van der Waals surface area (Å²) in [5.74, 6) is 1.37. The Balaban J connectivity index is 1.73. The van der Waals surface area contributed by atoms with Gasteiger partial charge in [0.05, 0.1) is 5.41 Å². The van der Waals surface area contributed by atoms with Crippen molar-refractivity contribution < 1.29 is 14.3 Å². The lowest BCUT2D eigenvalue weighted by molar-refractivity contribution is -0.125. The van der Waals surface area contributed by atoms with Crippen molar-refractivity contribution in [1.82, 2.24) is 10.3 Å². The van der Waals surface area contributed by atoms with E-state index in [-0.39, 0.29) is 12.7 Å². The number of nitrogens with zero attached hydrogens (tertiary/aromatic N) is 1. The lowest BCUT2D eigenvalue weighted by Gasteiger charge is -2.24. The van der Waals surface area contributed by atoms with Gasteiger partial charge in [0, 0.05) is 18.9 Å². The van der Waals surface area contributed by atoms with E-state index in [1.54, 1.807) is 12.4 Å². The molecule has 2 aromatic rings. The smallest absolute Gasteiger partial charge is 0.231 e. The molecular formula is C17H18N2O3. The molecule has 0 fully saturated rings. The van der Waals surface area contributed by atoms with Crippen LogP contribution in [0.25, 0.3) is 0 Å². The molecule has 5 nitrogen and oxygen atoms in total. The summed E-state index contributed by atoms with van der Waals surface area (Å²) in [6, 6.07) is 9.38. The normalized spacial score (nSPS) is 13.0. The minimum absolute atomic E-state index is 0.0387. The average molecular weight is 298 g/mol. The minimum Gasteiger partial charge on any atom is -0.454 e. The highest BCUT2D eigenvalue weighted by Gasteiger charge is 2.31. The second-order valence-electron chi connectivity index (χ2n) is 5.73. The van der Waals surface area contributed by atoms with E-state index in [1.807, 2.05) is 44.2 Å². The van der Waals surface area contributed by atoms with Crippen LogP contribution in [0.5, 0.6) is 11.5 Å². The first-order valence-corrected chi connectivity index (χ1v) is 7.15. The number of rotatable bonds is 4. The molecule has 3 rings (SSSR count). The summed E-state index contributed by atoms with van der Waals surface area (Å²) in [6.45, 7) is 4.50. The highest BCUT2D eigenvalue weighted by molar-refractivity contribution is 5.87. The topological polar surface area (TPSA) is 60.5 Å². The highest BCUT2D eigenvalue weighted by atomic mass is 16.7. The van der Waals surface area contributed by atoms with Crippen molar-refractivity contribution in [2.24, 2.45) is 0 Å². The van der Waals surface area contributed by atoms with Crippen LogP contribution in [0.4, 0.5) is 0 Å². The van der Waals surface area contributed by atoms with Crippen LogP contribution in [0, 0.1) is 0 Å². The van der Waals surface area contributed by atoms with Crippen LogP contribution in [-0.2, 0) is 16.8 Å². The number of hydrogen-bond donors (Lipinski definition) is 1. The van der Waals surface area contributed by atoms with Crippen LogP contribution in [0.1, 0.15) is 25.0 Å². The Labute approximate surface area is 129 Å². The van der Waals surface area contributed by atoms with E-state index >= 15 is 0 Å². The van der Waals surface area contributed by atoms with Crippen molar-refractivity contribution in [2.75, 3.05) is 6.79 Å².